The van der Waals surface area contributed by atoms with Crippen LogP contribution < -0.4 is 15.8 Å². The van der Waals surface area contributed by atoms with Crippen LogP contribution in [-0.4, -0.2) is 19.6 Å². The third kappa shape index (κ3) is 5.56. The molecular formula is C18H23ClIN3O. The van der Waals surface area contributed by atoms with Gasteiger partial charge in [0.25, 0.3) is 0 Å². The summed E-state index contributed by atoms with van der Waals surface area (Å²) in [5, 5.41) is 3.82. The number of hydrogen-bond donors (Lipinski definition) is 2. The SMILES string of the molecule is COc1ccc(NC(N)=NCC(C)(C)c2ccccc2Cl)cc1.I. The summed E-state index contributed by atoms with van der Waals surface area (Å²) in [7, 11) is 1.63. The molecule has 0 saturated carbocycles. The minimum Gasteiger partial charge on any atom is -0.497 e. The fourth-order valence-electron chi connectivity index (χ4n) is 2.24. The number of anilines is 1. The van der Waals surface area contributed by atoms with E-state index in [1.165, 1.54) is 0 Å². The second-order valence-corrected chi connectivity index (χ2v) is 6.33. The van der Waals surface area contributed by atoms with Gasteiger partial charge in [-0.2, -0.15) is 0 Å². The molecule has 0 heterocycles. The lowest BCUT2D eigenvalue weighted by Gasteiger charge is -2.24. The Kier molecular flexibility index (Phi) is 7.83. The van der Waals surface area contributed by atoms with Gasteiger partial charge in [0.15, 0.2) is 5.96 Å². The zero-order valence-corrected chi connectivity index (χ0v) is 17.1. The fourth-order valence-corrected chi connectivity index (χ4v) is 2.63. The summed E-state index contributed by atoms with van der Waals surface area (Å²) in [6.45, 7) is 4.72. The number of nitrogens with two attached hydrogens (primary N) is 1. The molecular weight excluding hydrogens is 437 g/mol. The van der Waals surface area contributed by atoms with Gasteiger partial charge in [-0.1, -0.05) is 43.6 Å². The van der Waals surface area contributed by atoms with Crippen molar-refractivity contribution in [3.05, 3.63) is 59.1 Å². The van der Waals surface area contributed by atoms with Gasteiger partial charge in [0.1, 0.15) is 5.75 Å². The Morgan fingerprint density at radius 2 is 1.79 bits per heavy atom. The molecule has 0 aliphatic carbocycles. The van der Waals surface area contributed by atoms with Gasteiger partial charge in [-0.25, -0.2) is 0 Å². The molecule has 0 amide bonds. The monoisotopic (exact) mass is 459 g/mol. The van der Waals surface area contributed by atoms with E-state index in [9.17, 15) is 0 Å². The molecule has 0 aliphatic heterocycles. The molecule has 0 aliphatic rings. The minimum absolute atomic E-state index is 0. The highest BCUT2D eigenvalue weighted by Crippen LogP contribution is 2.29. The fraction of sp³-hybridized carbons (Fsp3) is 0.278. The first kappa shape index (κ1) is 20.6. The van der Waals surface area contributed by atoms with Crippen LogP contribution in [0.15, 0.2) is 53.5 Å². The molecule has 24 heavy (non-hydrogen) atoms. The number of benzene rings is 2. The van der Waals surface area contributed by atoms with Crippen molar-refractivity contribution in [2.75, 3.05) is 19.0 Å². The van der Waals surface area contributed by atoms with Crippen LogP contribution in [0.25, 0.3) is 0 Å². The first-order chi connectivity index (χ1) is 10.9. The van der Waals surface area contributed by atoms with Gasteiger partial charge < -0.3 is 15.8 Å². The largest absolute Gasteiger partial charge is 0.497 e. The lowest BCUT2D eigenvalue weighted by molar-refractivity contribution is 0.415. The van der Waals surface area contributed by atoms with E-state index in [1.54, 1.807) is 7.11 Å². The van der Waals surface area contributed by atoms with E-state index >= 15 is 0 Å². The van der Waals surface area contributed by atoms with Gasteiger partial charge in [-0.15, -0.1) is 24.0 Å². The summed E-state index contributed by atoms with van der Waals surface area (Å²) in [6.07, 6.45) is 0. The summed E-state index contributed by atoms with van der Waals surface area (Å²) in [5.74, 6) is 1.17. The van der Waals surface area contributed by atoms with Crippen molar-refractivity contribution in [3.63, 3.8) is 0 Å². The number of halogens is 2. The number of methoxy groups -OCH3 is 1. The smallest absolute Gasteiger partial charge is 0.193 e. The molecule has 0 aromatic heterocycles. The number of aliphatic imine (C=N–C) groups is 1. The van der Waals surface area contributed by atoms with Crippen molar-refractivity contribution in [2.24, 2.45) is 10.7 Å². The van der Waals surface area contributed by atoms with Crippen molar-refractivity contribution in [2.45, 2.75) is 19.3 Å². The quantitative estimate of drug-likeness (QED) is 0.388. The van der Waals surface area contributed by atoms with Crippen LogP contribution in [0.2, 0.25) is 5.02 Å². The highest BCUT2D eigenvalue weighted by Gasteiger charge is 2.22. The van der Waals surface area contributed by atoms with Crippen molar-refractivity contribution < 1.29 is 4.74 Å². The predicted molar refractivity (Wildman–Crippen MR) is 113 cm³/mol. The first-order valence-electron chi connectivity index (χ1n) is 7.38. The average Bonchev–Trinajstić information content (AvgIpc) is 2.54. The van der Waals surface area contributed by atoms with E-state index in [0.717, 1.165) is 22.0 Å². The molecule has 2 rings (SSSR count). The van der Waals surface area contributed by atoms with Crippen LogP contribution in [-0.2, 0) is 5.41 Å². The summed E-state index contributed by atoms with van der Waals surface area (Å²) in [6, 6.07) is 15.3. The number of rotatable bonds is 5. The Bertz CT molecular complexity index is 687. The molecule has 0 unspecified atom stereocenters. The van der Waals surface area contributed by atoms with Gasteiger partial charge >= 0.3 is 0 Å². The molecule has 130 valence electrons. The van der Waals surface area contributed by atoms with E-state index in [0.29, 0.717) is 12.5 Å². The Morgan fingerprint density at radius 3 is 2.38 bits per heavy atom. The van der Waals surface area contributed by atoms with E-state index in [2.05, 4.69) is 24.2 Å². The lowest BCUT2D eigenvalue weighted by atomic mass is 9.85. The van der Waals surface area contributed by atoms with E-state index < -0.39 is 0 Å². The lowest BCUT2D eigenvalue weighted by Crippen LogP contribution is -2.28. The first-order valence-corrected chi connectivity index (χ1v) is 7.76. The van der Waals surface area contributed by atoms with Gasteiger partial charge in [0, 0.05) is 16.1 Å². The van der Waals surface area contributed by atoms with Gasteiger partial charge in [0.2, 0.25) is 0 Å². The van der Waals surface area contributed by atoms with Crippen LogP contribution in [0.1, 0.15) is 19.4 Å². The van der Waals surface area contributed by atoms with Crippen LogP contribution in [0.4, 0.5) is 5.69 Å². The molecule has 2 aromatic carbocycles. The van der Waals surface area contributed by atoms with Crippen molar-refractivity contribution >= 4 is 47.2 Å². The molecule has 3 N–H and O–H groups in total. The maximum atomic E-state index is 6.28. The second kappa shape index (κ2) is 9.13. The van der Waals surface area contributed by atoms with Crippen molar-refractivity contribution in [1.29, 1.82) is 0 Å². The van der Waals surface area contributed by atoms with Crippen LogP contribution in [0.3, 0.4) is 0 Å². The molecule has 2 aromatic rings. The third-order valence-corrected chi connectivity index (χ3v) is 3.94. The molecule has 0 radical (unpaired) electrons. The molecule has 0 saturated heterocycles. The molecule has 0 spiro atoms. The van der Waals surface area contributed by atoms with E-state index in [4.69, 9.17) is 22.1 Å². The van der Waals surface area contributed by atoms with Gasteiger partial charge in [-0.05, 0) is 35.9 Å². The Labute approximate surface area is 165 Å². The van der Waals surface area contributed by atoms with E-state index in [1.807, 2.05) is 48.5 Å². The number of nitrogens with one attached hydrogen (secondary N) is 1. The summed E-state index contributed by atoms with van der Waals surface area (Å²) in [4.78, 5) is 4.44. The molecule has 0 bridgehead atoms. The summed E-state index contributed by atoms with van der Waals surface area (Å²) in [5.41, 5.74) is 7.69. The minimum atomic E-state index is -0.204. The number of guanidine groups is 1. The Hall–Kier alpha value is -1.47. The molecule has 6 heteroatoms. The van der Waals surface area contributed by atoms with Gasteiger partial charge in [-0.3, -0.25) is 4.99 Å². The molecule has 0 fully saturated rings. The average molecular weight is 460 g/mol. The predicted octanol–water partition coefficient (Wildman–Crippen LogP) is 4.67. The second-order valence-electron chi connectivity index (χ2n) is 5.92. The third-order valence-electron chi connectivity index (χ3n) is 3.61. The topological polar surface area (TPSA) is 59.6 Å². The Balaban J connectivity index is 0.00000288. The Morgan fingerprint density at radius 1 is 1.17 bits per heavy atom. The number of hydrogen-bond acceptors (Lipinski definition) is 2. The standard InChI is InChI=1S/C18H22ClN3O.HI/c1-18(2,15-6-4-5-7-16(15)19)12-21-17(20)22-13-8-10-14(23-3)11-9-13;/h4-11H,12H2,1-3H3,(H3,20,21,22);1H. The zero-order valence-electron chi connectivity index (χ0n) is 14.0. The summed E-state index contributed by atoms with van der Waals surface area (Å²) >= 11 is 6.28. The van der Waals surface area contributed by atoms with Gasteiger partial charge in [0.05, 0.1) is 13.7 Å². The van der Waals surface area contributed by atoms with Crippen molar-refractivity contribution in [3.8, 4) is 5.75 Å². The molecule has 4 nitrogen and oxygen atoms in total. The van der Waals surface area contributed by atoms with E-state index in [-0.39, 0.29) is 29.4 Å². The van der Waals surface area contributed by atoms with Crippen LogP contribution in [0, 0.1) is 0 Å². The normalized spacial score (nSPS) is 11.6. The maximum absolute atomic E-state index is 6.28. The highest BCUT2D eigenvalue weighted by molar-refractivity contribution is 14.0. The van der Waals surface area contributed by atoms with Crippen LogP contribution >= 0.6 is 35.6 Å². The molecule has 0 atom stereocenters. The zero-order chi connectivity index (χ0) is 16.9. The summed E-state index contributed by atoms with van der Waals surface area (Å²) < 4.78 is 5.12. The van der Waals surface area contributed by atoms with Crippen molar-refractivity contribution in [1.82, 2.24) is 0 Å². The number of ether oxygens (including phenoxy) is 1. The number of nitrogens with zero attached hydrogens (tertiary/aromatic N) is 1. The van der Waals surface area contributed by atoms with Crippen LogP contribution in [0.5, 0.6) is 5.75 Å². The highest BCUT2D eigenvalue weighted by atomic mass is 127. The maximum Gasteiger partial charge on any atom is 0.193 e.